The molecule has 3 N–H and O–H groups in total. The Morgan fingerprint density at radius 2 is 1.68 bits per heavy atom. The van der Waals surface area contributed by atoms with Crippen LogP contribution in [0.5, 0.6) is 11.5 Å². The van der Waals surface area contributed by atoms with Gasteiger partial charge in [-0.3, -0.25) is 0 Å². The molecule has 2 aromatic heterocycles. The van der Waals surface area contributed by atoms with Crippen LogP contribution in [0.2, 0.25) is 10.0 Å². The van der Waals surface area contributed by atoms with Crippen molar-refractivity contribution in [1.29, 1.82) is 0 Å². The van der Waals surface area contributed by atoms with E-state index in [0.29, 0.717) is 10.8 Å². The molecule has 1 fully saturated rings. The number of fused-ring (bicyclic) bond motifs is 1. The second-order valence-corrected chi connectivity index (χ2v) is 8.01. The molecule has 0 aliphatic carbocycles. The van der Waals surface area contributed by atoms with Crippen LogP contribution < -0.4 is 20.5 Å². The molecule has 1 aromatic carbocycles. The van der Waals surface area contributed by atoms with Crippen LogP contribution in [0.25, 0.3) is 22.0 Å². The third kappa shape index (κ3) is 6.25. The first kappa shape index (κ1) is 25.9. The first-order chi connectivity index (χ1) is 16.1. The topological polar surface area (TPSA) is 91.5 Å². The minimum absolute atomic E-state index is 0.0437. The standard InChI is InChI=1S/C18H15Cl2F3N4O2.C4H8O/c1-28-11-5-12(29-2)16(20)14(15(11)19)10-3-8-6-25-13(24)4-9(8)17(27-10)26-7-18(21,22)23;1-2-4-5-3-1/h3-6H,7H2,1-2H3,(H2,24,25)(H,26,27);1-4H2. The molecule has 0 amide bonds. The summed E-state index contributed by atoms with van der Waals surface area (Å²) in [5, 5.41) is 3.42. The second-order valence-electron chi connectivity index (χ2n) is 7.26. The maximum atomic E-state index is 12.8. The van der Waals surface area contributed by atoms with E-state index >= 15 is 0 Å². The Kier molecular flexibility index (Phi) is 8.51. The summed E-state index contributed by atoms with van der Waals surface area (Å²) >= 11 is 12.8. The van der Waals surface area contributed by atoms with E-state index in [-0.39, 0.29) is 44.4 Å². The fraction of sp³-hybridized carbons (Fsp3) is 0.364. The minimum Gasteiger partial charge on any atom is -0.495 e. The number of rotatable bonds is 5. The van der Waals surface area contributed by atoms with Gasteiger partial charge in [-0.05, 0) is 25.0 Å². The molecule has 12 heteroatoms. The molecular weight excluding hydrogens is 496 g/mol. The van der Waals surface area contributed by atoms with E-state index < -0.39 is 12.7 Å². The number of hydrogen-bond donors (Lipinski definition) is 2. The lowest BCUT2D eigenvalue weighted by molar-refractivity contribution is -0.115. The first-order valence-electron chi connectivity index (χ1n) is 10.2. The monoisotopic (exact) mass is 518 g/mol. The predicted octanol–water partition coefficient (Wildman–Crippen LogP) is 5.97. The van der Waals surface area contributed by atoms with Gasteiger partial charge in [0, 0.05) is 41.8 Å². The molecule has 1 aliphatic rings. The summed E-state index contributed by atoms with van der Waals surface area (Å²) in [5.74, 6) is 0.633. The van der Waals surface area contributed by atoms with Crippen molar-refractivity contribution in [3.8, 4) is 22.8 Å². The first-order valence-corrected chi connectivity index (χ1v) is 10.9. The summed E-state index contributed by atoms with van der Waals surface area (Å²) in [6.07, 6.45) is -0.467. The summed E-state index contributed by atoms with van der Waals surface area (Å²) in [5.41, 5.74) is 6.14. The summed E-state index contributed by atoms with van der Waals surface area (Å²) < 4.78 is 53.7. The normalized spacial score (nSPS) is 13.4. The molecule has 3 aromatic rings. The number of alkyl halides is 3. The van der Waals surface area contributed by atoms with Gasteiger partial charge in [-0.1, -0.05) is 23.2 Å². The molecule has 0 unspecified atom stereocenters. The Morgan fingerprint density at radius 3 is 2.18 bits per heavy atom. The molecule has 3 heterocycles. The van der Waals surface area contributed by atoms with E-state index in [4.69, 9.17) is 43.1 Å². The highest BCUT2D eigenvalue weighted by molar-refractivity contribution is 6.41. The Balaban J connectivity index is 0.000000574. The lowest BCUT2D eigenvalue weighted by atomic mass is 10.1. The highest BCUT2D eigenvalue weighted by Gasteiger charge is 2.28. The molecule has 1 saturated heterocycles. The number of nitrogens with two attached hydrogens (primary N) is 1. The van der Waals surface area contributed by atoms with Crippen molar-refractivity contribution in [3.05, 3.63) is 34.4 Å². The van der Waals surface area contributed by atoms with Crippen LogP contribution in [-0.2, 0) is 4.74 Å². The van der Waals surface area contributed by atoms with Gasteiger partial charge in [-0.2, -0.15) is 13.2 Å². The Hall–Kier alpha value is -2.69. The smallest absolute Gasteiger partial charge is 0.405 e. The van der Waals surface area contributed by atoms with E-state index in [1.165, 1.54) is 45.4 Å². The summed E-state index contributed by atoms with van der Waals surface area (Å²) in [6, 6.07) is 4.52. The van der Waals surface area contributed by atoms with E-state index in [1.54, 1.807) is 6.07 Å². The van der Waals surface area contributed by atoms with E-state index in [0.717, 1.165) is 13.2 Å². The van der Waals surface area contributed by atoms with Gasteiger partial charge >= 0.3 is 6.18 Å². The van der Waals surface area contributed by atoms with Crippen molar-refractivity contribution in [2.24, 2.45) is 0 Å². The Bertz CT molecular complexity index is 1120. The molecule has 0 bridgehead atoms. The number of ether oxygens (including phenoxy) is 3. The molecule has 34 heavy (non-hydrogen) atoms. The molecule has 0 radical (unpaired) electrons. The van der Waals surface area contributed by atoms with E-state index in [2.05, 4.69) is 15.3 Å². The molecular formula is C22H23Cl2F3N4O3. The highest BCUT2D eigenvalue weighted by Crippen LogP contribution is 2.46. The van der Waals surface area contributed by atoms with Crippen molar-refractivity contribution < 1.29 is 27.4 Å². The second kappa shape index (κ2) is 11.2. The number of halogens is 5. The van der Waals surface area contributed by atoms with Crippen LogP contribution in [0.4, 0.5) is 24.8 Å². The summed E-state index contributed by atoms with van der Waals surface area (Å²) in [6.45, 7) is 0.712. The van der Waals surface area contributed by atoms with Crippen molar-refractivity contribution >= 4 is 45.6 Å². The lowest BCUT2D eigenvalue weighted by Gasteiger charge is -2.17. The van der Waals surface area contributed by atoms with Gasteiger partial charge in [0.15, 0.2) is 0 Å². The maximum Gasteiger partial charge on any atom is 0.405 e. The molecule has 0 atom stereocenters. The average molecular weight is 519 g/mol. The van der Waals surface area contributed by atoms with Gasteiger partial charge < -0.3 is 25.3 Å². The third-order valence-electron chi connectivity index (χ3n) is 4.85. The largest absolute Gasteiger partial charge is 0.495 e. The van der Waals surface area contributed by atoms with Crippen LogP contribution >= 0.6 is 23.2 Å². The van der Waals surface area contributed by atoms with Crippen LogP contribution in [0.15, 0.2) is 24.4 Å². The van der Waals surface area contributed by atoms with Gasteiger partial charge in [-0.15, -0.1) is 0 Å². The molecule has 0 saturated carbocycles. The van der Waals surface area contributed by atoms with Crippen molar-refractivity contribution in [3.63, 3.8) is 0 Å². The van der Waals surface area contributed by atoms with Crippen LogP contribution in [-0.4, -0.2) is 50.1 Å². The van der Waals surface area contributed by atoms with Crippen LogP contribution in [0.1, 0.15) is 12.8 Å². The molecule has 7 nitrogen and oxygen atoms in total. The summed E-state index contributed by atoms with van der Waals surface area (Å²) in [4.78, 5) is 8.30. The molecule has 4 rings (SSSR count). The van der Waals surface area contributed by atoms with Crippen molar-refractivity contribution in [1.82, 2.24) is 9.97 Å². The number of nitrogen functional groups attached to an aromatic ring is 1. The fourth-order valence-electron chi connectivity index (χ4n) is 3.23. The maximum absolute atomic E-state index is 12.8. The zero-order valence-electron chi connectivity index (χ0n) is 18.4. The zero-order chi connectivity index (χ0) is 24.9. The molecule has 1 aliphatic heterocycles. The quantitative estimate of drug-likeness (QED) is 0.429. The number of aromatic nitrogens is 2. The van der Waals surface area contributed by atoms with Gasteiger partial charge in [0.2, 0.25) is 0 Å². The number of nitrogens with zero attached hydrogens (tertiary/aromatic N) is 2. The Morgan fingerprint density at radius 1 is 1.06 bits per heavy atom. The number of pyridine rings is 2. The summed E-state index contributed by atoms with van der Waals surface area (Å²) in [7, 11) is 2.82. The highest BCUT2D eigenvalue weighted by atomic mass is 35.5. The number of nitrogens with one attached hydrogen (secondary N) is 1. The number of anilines is 2. The van der Waals surface area contributed by atoms with Crippen LogP contribution in [0, 0.1) is 0 Å². The SMILES string of the molecule is C1CCOC1.COc1cc(OC)c(Cl)c(-c2cc3cnc(N)cc3c(NCC(F)(F)F)n2)c1Cl. The molecule has 184 valence electrons. The van der Waals surface area contributed by atoms with Gasteiger partial charge in [0.25, 0.3) is 0 Å². The lowest BCUT2D eigenvalue weighted by Crippen LogP contribution is -2.22. The zero-order valence-corrected chi connectivity index (χ0v) is 19.9. The van der Waals surface area contributed by atoms with E-state index in [1.807, 2.05) is 0 Å². The van der Waals surface area contributed by atoms with Gasteiger partial charge in [0.1, 0.15) is 29.7 Å². The van der Waals surface area contributed by atoms with E-state index in [9.17, 15) is 13.2 Å². The van der Waals surface area contributed by atoms with Crippen LogP contribution in [0.3, 0.4) is 0 Å². The van der Waals surface area contributed by atoms with Gasteiger partial charge in [0.05, 0.1) is 30.0 Å². The minimum atomic E-state index is -4.45. The average Bonchev–Trinajstić information content (AvgIpc) is 3.38. The van der Waals surface area contributed by atoms with Crippen molar-refractivity contribution in [2.45, 2.75) is 19.0 Å². The van der Waals surface area contributed by atoms with Crippen molar-refractivity contribution in [2.75, 3.05) is 45.0 Å². The number of methoxy groups -OCH3 is 2. The third-order valence-corrected chi connectivity index (χ3v) is 5.60. The number of hydrogen-bond acceptors (Lipinski definition) is 7. The Labute approximate surface area is 204 Å². The molecule has 0 spiro atoms. The number of benzene rings is 1. The fourth-order valence-corrected chi connectivity index (χ4v) is 3.92. The predicted molar refractivity (Wildman–Crippen MR) is 127 cm³/mol. The van der Waals surface area contributed by atoms with Gasteiger partial charge in [-0.25, -0.2) is 9.97 Å².